The van der Waals surface area contributed by atoms with Crippen molar-refractivity contribution in [1.82, 2.24) is 5.32 Å². The molecule has 0 spiro atoms. The third-order valence-corrected chi connectivity index (χ3v) is 4.51. The summed E-state index contributed by atoms with van der Waals surface area (Å²) in [5.41, 5.74) is 8.70. The zero-order valence-electron chi connectivity index (χ0n) is 15.2. The second-order valence-electron chi connectivity index (χ2n) is 6.41. The summed E-state index contributed by atoms with van der Waals surface area (Å²) < 4.78 is 26.6. The Balaban J connectivity index is 2.44. The lowest BCUT2D eigenvalue weighted by Crippen LogP contribution is -2.44. The molecule has 2 rings (SSSR count). The van der Waals surface area contributed by atoms with E-state index in [1.807, 2.05) is 13.8 Å². The van der Waals surface area contributed by atoms with Gasteiger partial charge >= 0.3 is 0 Å². The lowest BCUT2D eigenvalue weighted by molar-refractivity contribution is -0.122. The molecule has 2 atom stereocenters. The van der Waals surface area contributed by atoms with Crippen LogP contribution in [-0.2, 0) is 4.79 Å². The van der Waals surface area contributed by atoms with Gasteiger partial charge in [-0.1, -0.05) is 44.5 Å². The van der Waals surface area contributed by atoms with Crippen LogP contribution in [0.15, 0.2) is 54.2 Å². The van der Waals surface area contributed by atoms with Gasteiger partial charge in [-0.2, -0.15) is 0 Å². The van der Waals surface area contributed by atoms with E-state index in [1.54, 1.807) is 31.2 Å². The molecule has 138 valence electrons. The van der Waals surface area contributed by atoms with Crippen molar-refractivity contribution in [3.05, 3.63) is 77.0 Å². The number of carbonyl (C=O) groups excluding carboxylic acids is 1. The number of halogens is 2. The Labute approximate surface area is 152 Å². The predicted octanol–water partition coefficient (Wildman–Crippen LogP) is 4.23. The first-order valence-electron chi connectivity index (χ1n) is 8.62. The van der Waals surface area contributed by atoms with E-state index in [4.69, 9.17) is 5.73 Å². The zero-order valence-corrected chi connectivity index (χ0v) is 15.2. The van der Waals surface area contributed by atoms with Crippen LogP contribution >= 0.6 is 0 Å². The first-order valence-corrected chi connectivity index (χ1v) is 8.62. The maximum atomic E-state index is 13.3. The van der Waals surface area contributed by atoms with E-state index in [0.717, 1.165) is 6.42 Å². The van der Waals surface area contributed by atoms with E-state index in [9.17, 15) is 13.6 Å². The van der Waals surface area contributed by atoms with Crippen molar-refractivity contribution in [2.45, 2.75) is 33.2 Å². The van der Waals surface area contributed by atoms with Gasteiger partial charge in [-0.3, -0.25) is 4.79 Å². The Morgan fingerprint density at radius 2 is 1.42 bits per heavy atom. The van der Waals surface area contributed by atoms with Crippen LogP contribution < -0.4 is 11.1 Å². The maximum absolute atomic E-state index is 13.3. The lowest BCUT2D eigenvalue weighted by Gasteiger charge is -2.20. The standard InChI is InChI=1S/C21H24F2N2O/c1-4-13(2)20(24)21(26)25-14(3)19(15-5-9-17(22)10-6-15)16-7-11-18(23)12-8-16/h5-13,20H,4,24H2,1-3H3,(H,25,26)/t13-,20-/m0/s1. The smallest absolute Gasteiger partial charge is 0.241 e. The summed E-state index contributed by atoms with van der Waals surface area (Å²) in [7, 11) is 0. The average Bonchev–Trinajstić information content (AvgIpc) is 2.63. The number of nitrogens with one attached hydrogen (secondary N) is 1. The van der Waals surface area contributed by atoms with E-state index in [1.165, 1.54) is 24.3 Å². The number of nitrogens with two attached hydrogens (primary N) is 1. The van der Waals surface area contributed by atoms with Crippen LogP contribution in [0.4, 0.5) is 8.78 Å². The number of hydrogen-bond acceptors (Lipinski definition) is 2. The fraction of sp³-hybridized carbons (Fsp3) is 0.286. The Morgan fingerprint density at radius 1 is 1.00 bits per heavy atom. The van der Waals surface area contributed by atoms with Crippen LogP contribution in [0.25, 0.3) is 5.57 Å². The van der Waals surface area contributed by atoms with Crippen molar-refractivity contribution in [1.29, 1.82) is 0 Å². The highest BCUT2D eigenvalue weighted by atomic mass is 19.1. The normalized spacial score (nSPS) is 13.0. The molecule has 0 aliphatic heterocycles. The Kier molecular flexibility index (Phi) is 6.64. The minimum Gasteiger partial charge on any atom is -0.328 e. The highest BCUT2D eigenvalue weighted by molar-refractivity contribution is 5.88. The van der Waals surface area contributed by atoms with E-state index >= 15 is 0 Å². The van der Waals surface area contributed by atoms with Gasteiger partial charge in [0.2, 0.25) is 5.91 Å². The van der Waals surface area contributed by atoms with E-state index in [-0.39, 0.29) is 23.5 Å². The van der Waals surface area contributed by atoms with Crippen LogP contribution in [0, 0.1) is 17.6 Å². The monoisotopic (exact) mass is 358 g/mol. The molecule has 3 N–H and O–H groups in total. The van der Waals surface area contributed by atoms with Gasteiger partial charge < -0.3 is 11.1 Å². The molecule has 5 heteroatoms. The summed E-state index contributed by atoms with van der Waals surface area (Å²) in [6, 6.07) is 11.3. The fourth-order valence-electron chi connectivity index (χ4n) is 2.68. The maximum Gasteiger partial charge on any atom is 0.241 e. The van der Waals surface area contributed by atoms with E-state index in [2.05, 4.69) is 5.32 Å². The number of amides is 1. The van der Waals surface area contributed by atoms with Crippen molar-refractivity contribution in [2.24, 2.45) is 11.7 Å². The van der Waals surface area contributed by atoms with Gasteiger partial charge in [-0.15, -0.1) is 0 Å². The van der Waals surface area contributed by atoms with Crippen molar-refractivity contribution < 1.29 is 13.6 Å². The van der Waals surface area contributed by atoms with Crippen LogP contribution in [0.2, 0.25) is 0 Å². The summed E-state index contributed by atoms with van der Waals surface area (Å²) in [6.07, 6.45) is 0.792. The van der Waals surface area contributed by atoms with E-state index < -0.39 is 6.04 Å². The second-order valence-corrected chi connectivity index (χ2v) is 6.41. The molecular formula is C21H24F2N2O. The minimum atomic E-state index is -0.627. The molecule has 3 nitrogen and oxygen atoms in total. The van der Waals surface area contributed by atoms with Gasteiger partial charge in [-0.25, -0.2) is 8.78 Å². The molecule has 0 unspecified atom stereocenters. The van der Waals surface area contributed by atoms with Gasteiger partial charge in [0.25, 0.3) is 0 Å². The summed E-state index contributed by atoms with van der Waals surface area (Å²) in [5.74, 6) is -0.943. The summed E-state index contributed by atoms with van der Waals surface area (Å²) in [6.45, 7) is 5.65. The molecule has 0 aliphatic carbocycles. The molecule has 0 fully saturated rings. The topological polar surface area (TPSA) is 55.1 Å². The van der Waals surface area contributed by atoms with Gasteiger partial charge in [0.15, 0.2) is 0 Å². The number of carbonyl (C=O) groups is 1. The largest absolute Gasteiger partial charge is 0.328 e. The Bertz CT molecular complexity index is 735. The highest BCUT2D eigenvalue weighted by Crippen LogP contribution is 2.26. The quantitative estimate of drug-likeness (QED) is 0.812. The number of allylic oxidation sites excluding steroid dienone is 1. The van der Waals surface area contributed by atoms with Crippen LogP contribution in [-0.4, -0.2) is 11.9 Å². The molecule has 2 aromatic rings. The third kappa shape index (κ3) is 4.76. The number of benzene rings is 2. The lowest BCUT2D eigenvalue weighted by atomic mass is 9.95. The van der Waals surface area contributed by atoms with Gasteiger partial charge in [0.05, 0.1) is 6.04 Å². The third-order valence-electron chi connectivity index (χ3n) is 4.51. The first-order chi connectivity index (χ1) is 12.3. The molecule has 1 amide bonds. The second kappa shape index (κ2) is 8.72. The molecule has 0 bridgehead atoms. The average molecular weight is 358 g/mol. The Hall–Kier alpha value is -2.53. The SMILES string of the molecule is CC[C@H](C)[C@H](N)C(=O)NC(C)=C(c1ccc(F)cc1)c1ccc(F)cc1. The molecular weight excluding hydrogens is 334 g/mol. The Morgan fingerprint density at radius 3 is 1.81 bits per heavy atom. The molecule has 0 heterocycles. The summed E-state index contributed by atoms with van der Waals surface area (Å²) in [4.78, 5) is 12.4. The van der Waals surface area contributed by atoms with Gasteiger partial charge in [-0.05, 0) is 48.2 Å². The molecule has 26 heavy (non-hydrogen) atoms. The van der Waals surface area contributed by atoms with Crippen LogP contribution in [0.5, 0.6) is 0 Å². The summed E-state index contributed by atoms with van der Waals surface area (Å²) in [5, 5.41) is 2.85. The molecule has 0 saturated heterocycles. The van der Waals surface area contributed by atoms with Crippen LogP contribution in [0.1, 0.15) is 38.3 Å². The predicted molar refractivity (Wildman–Crippen MR) is 100 cm³/mol. The van der Waals surface area contributed by atoms with Crippen molar-refractivity contribution in [3.8, 4) is 0 Å². The number of hydrogen-bond donors (Lipinski definition) is 2. The van der Waals surface area contributed by atoms with Gasteiger partial charge in [0.1, 0.15) is 11.6 Å². The minimum absolute atomic E-state index is 0.0443. The molecule has 0 saturated carbocycles. The molecule has 2 aromatic carbocycles. The molecule has 0 aliphatic rings. The van der Waals surface area contributed by atoms with Crippen molar-refractivity contribution >= 4 is 11.5 Å². The van der Waals surface area contributed by atoms with Gasteiger partial charge in [0, 0.05) is 11.3 Å². The van der Waals surface area contributed by atoms with Crippen LogP contribution in [0.3, 0.4) is 0 Å². The number of rotatable bonds is 6. The van der Waals surface area contributed by atoms with E-state index in [0.29, 0.717) is 22.4 Å². The van der Waals surface area contributed by atoms with Crippen molar-refractivity contribution in [3.63, 3.8) is 0 Å². The highest BCUT2D eigenvalue weighted by Gasteiger charge is 2.20. The summed E-state index contributed by atoms with van der Waals surface area (Å²) >= 11 is 0. The zero-order chi connectivity index (χ0) is 19.3. The van der Waals surface area contributed by atoms with Crippen molar-refractivity contribution in [2.75, 3.05) is 0 Å². The first kappa shape index (κ1) is 19.8. The molecule has 0 aromatic heterocycles. The molecule has 0 radical (unpaired) electrons. The fourth-order valence-corrected chi connectivity index (χ4v) is 2.68.